The highest BCUT2D eigenvalue weighted by Gasteiger charge is 2.20. The van der Waals surface area contributed by atoms with E-state index < -0.39 is 4.92 Å². The lowest BCUT2D eigenvalue weighted by atomic mass is 10.2. The van der Waals surface area contributed by atoms with Gasteiger partial charge in [-0.15, -0.1) is 0 Å². The van der Waals surface area contributed by atoms with E-state index in [1.807, 2.05) is 18.2 Å². The van der Waals surface area contributed by atoms with Crippen LogP contribution in [0.1, 0.15) is 25.7 Å². The molecule has 0 unspecified atom stereocenters. The van der Waals surface area contributed by atoms with Crippen LogP contribution in [0.4, 0.5) is 11.6 Å². The van der Waals surface area contributed by atoms with Crippen molar-refractivity contribution in [2.24, 2.45) is 0 Å². The average molecular weight is 364 g/mol. The smallest absolute Gasteiger partial charge is 0.269 e. The number of non-ortho nitro benzene ring substituents is 1. The van der Waals surface area contributed by atoms with Gasteiger partial charge in [-0.05, 0) is 37.1 Å². The first-order chi connectivity index (χ1) is 13.1. The number of fused-ring (bicyclic) bond motifs is 1. The van der Waals surface area contributed by atoms with Crippen LogP contribution >= 0.6 is 0 Å². The molecule has 138 valence electrons. The number of para-hydroxylation sites is 1. The number of nitro groups is 1. The van der Waals surface area contributed by atoms with Crippen molar-refractivity contribution < 1.29 is 4.92 Å². The topological polar surface area (TPSA) is 81.3 Å². The van der Waals surface area contributed by atoms with Crippen LogP contribution < -0.4 is 10.5 Å². The second kappa shape index (κ2) is 7.19. The van der Waals surface area contributed by atoms with Gasteiger partial charge in [-0.25, -0.2) is 9.55 Å². The lowest BCUT2D eigenvalue weighted by molar-refractivity contribution is -0.384. The van der Waals surface area contributed by atoms with Crippen molar-refractivity contribution in [1.29, 1.82) is 0 Å². The molecule has 7 nitrogen and oxygen atoms in total. The van der Waals surface area contributed by atoms with Crippen LogP contribution in [0.3, 0.4) is 0 Å². The van der Waals surface area contributed by atoms with E-state index in [1.54, 1.807) is 22.8 Å². The largest absolute Gasteiger partial charge is 0.342 e. The van der Waals surface area contributed by atoms with Crippen molar-refractivity contribution in [3.8, 4) is 5.69 Å². The first kappa shape index (κ1) is 17.2. The van der Waals surface area contributed by atoms with Gasteiger partial charge in [0, 0.05) is 25.2 Å². The van der Waals surface area contributed by atoms with Gasteiger partial charge in [-0.1, -0.05) is 25.0 Å². The molecule has 3 aromatic rings. The van der Waals surface area contributed by atoms with Gasteiger partial charge in [-0.2, -0.15) is 0 Å². The summed E-state index contributed by atoms with van der Waals surface area (Å²) in [6, 6.07) is 13.4. The zero-order valence-electron chi connectivity index (χ0n) is 14.9. The molecule has 1 fully saturated rings. The van der Waals surface area contributed by atoms with Crippen LogP contribution in [0.25, 0.3) is 16.6 Å². The number of nitrogens with zero attached hydrogens (tertiary/aromatic N) is 4. The summed E-state index contributed by atoms with van der Waals surface area (Å²) >= 11 is 0. The Hall–Kier alpha value is -3.22. The van der Waals surface area contributed by atoms with Crippen molar-refractivity contribution in [3.63, 3.8) is 0 Å². The predicted molar refractivity (Wildman–Crippen MR) is 105 cm³/mol. The molecule has 0 N–H and O–H groups in total. The van der Waals surface area contributed by atoms with Crippen molar-refractivity contribution in [2.45, 2.75) is 25.7 Å². The first-order valence-corrected chi connectivity index (χ1v) is 9.17. The number of benzene rings is 2. The Bertz CT molecular complexity index is 1040. The molecule has 1 aromatic heterocycles. The van der Waals surface area contributed by atoms with Crippen molar-refractivity contribution >= 4 is 22.5 Å². The third-order valence-electron chi connectivity index (χ3n) is 4.97. The minimum Gasteiger partial charge on any atom is -0.342 e. The van der Waals surface area contributed by atoms with E-state index in [0.29, 0.717) is 22.5 Å². The molecular weight excluding hydrogens is 344 g/mol. The van der Waals surface area contributed by atoms with Crippen LogP contribution in [-0.4, -0.2) is 27.6 Å². The van der Waals surface area contributed by atoms with Crippen molar-refractivity contribution in [3.05, 3.63) is 69.0 Å². The summed E-state index contributed by atoms with van der Waals surface area (Å²) in [5.74, 6) is 0.606. The maximum atomic E-state index is 13.3. The van der Waals surface area contributed by atoms with E-state index in [0.717, 1.165) is 25.9 Å². The fourth-order valence-corrected chi connectivity index (χ4v) is 3.56. The van der Waals surface area contributed by atoms with Gasteiger partial charge in [0.2, 0.25) is 5.95 Å². The number of anilines is 1. The number of hydrogen-bond acceptors (Lipinski definition) is 5. The van der Waals surface area contributed by atoms with E-state index in [4.69, 9.17) is 4.98 Å². The van der Waals surface area contributed by atoms with Gasteiger partial charge in [-0.3, -0.25) is 14.9 Å². The molecule has 0 bridgehead atoms. The highest BCUT2D eigenvalue weighted by Crippen LogP contribution is 2.23. The number of hydrogen-bond donors (Lipinski definition) is 0. The molecule has 0 aliphatic carbocycles. The predicted octanol–water partition coefficient (Wildman–Crippen LogP) is 3.67. The molecule has 0 radical (unpaired) electrons. The molecule has 2 aromatic carbocycles. The minimum absolute atomic E-state index is 0.00290. The number of rotatable bonds is 3. The van der Waals surface area contributed by atoms with Gasteiger partial charge in [0.1, 0.15) is 0 Å². The second-order valence-corrected chi connectivity index (χ2v) is 6.74. The molecule has 1 saturated heterocycles. The Labute approximate surface area is 156 Å². The van der Waals surface area contributed by atoms with Crippen molar-refractivity contribution in [2.75, 3.05) is 18.0 Å². The normalized spacial score (nSPS) is 14.9. The Morgan fingerprint density at radius 1 is 0.926 bits per heavy atom. The summed E-state index contributed by atoms with van der Waals surface area (Å²) in [4.78, 5) is 30.7. The molecule has 27 heavy (non-hydrogen) atoms. The Morgan fingerprint density at radius 2 is 1.59 bits per heavy atom. The monoisotopic (exact) mass is 364 g/mol. The third-order valence-corrected chi connectivity index (χ3v) is 4.97. The van der Waals surface area contributed by atoms with Crippen LogP contribution in [0.2, 0.25) is 0 Å². The minimum atomic E-state index is -0.444. The van der Waals surface area contributed by atoms with Crippen molar-refractivity contribution in [1.82, 2.24) is 9.55 Å². The van der Waals surface area contributed by atoms with E-state index in [1.165, 1.54) is 25.0 Å². The summed E-state index contributed by atoms with van der Waals surface area (Å²) in [6.45, 7) is 1.69. The average Bonchev–Trinajstić information content (AvgIpc) is 2.97. The van der Waals surface area contributed by atoms with Gasteiger partial charge < -0.3 is 4.90 Å². The van der Waals surface area contributed by atoms with Crippen LogP contribution in [0, 0.1) is 10.1 Å². The molecule has 0 spiro atoms. The Morgan fingerprint density at radius 3 is 2.26 bits per heavy atom. The molecule has 0 saturated carbocycles. The van der Waals surface area contributed by atoms with Crippen LogP contribution in [0.15, 0.2) is 53.3 Å². The van der Waals surface area contributed by atoms with Gasteiger partial charge in [0.05, 0.1) is 21.5 Å². The highest BCUT2D eigenvalue weighted by molar-refractivity contribution is 5.79. The molecule has 0 atom stereocenters. The van der Waals surface area contributed by atoms with E-state index in [-0.39, 0.29) is 11.2 Å². The number of aromatic nitrogens is 2. The summed E-state index contributed by atoms with van der Waals surface area (Å²) in [6.07, 6.45) is 4.46. The molecular formula is C20H20N4O3. The van der Waals surface area contributed by atoms with Gasteiger partial charge in [0.15, 0.2) is 0 Å². The molecule has 1 aliphatic heterocycles. The summed E-state index contributed by atoms with van der Waals surface area (Å²) in [5.41, 5.74) is 1.09. The van der Waals surface area contributed by atoms with Crippen LogP contribution in [0.5, 0.6) is 0 Å². The first-order valence-electron chi connectivity index (χ1n) is 9.17. The molecule has 0 amide bonds. The summed E-state index contributed by atoms with van der Waals surface area (Å²) in [5, 5.41) is 11.5. The van der Waals surface area contributed by atoms with Crippen LogP contribution in [-0.2, 0) is 0 Å². The maximum absolute atomic E-state index is 13.3. The molecule has 7 heteroatoms. The summed E-state index contributed by atoms with van der Waals surface area (Å²) in [7, 11) is 0. The SMILES string of the molecule is O=c1c2ccccc2nc(N2CCCCCC2)n1-c1ccc([N+](=O)[O-])cc1. The number of nitro benzene ring substituents is 1. The van der Waals surface area contributed by atoms with E-state index in [2.05, 4.69) is 4.90 Å². The summed E-state index contributed by atoms with van der Waals surface area (Å²) < 4.78 is 1.58. The standard InChI is InChI=1S/C20H20N4O3/c25-19-17-7-3-4-8-18(17)21-20(22-13-5-1-2-6-14-22)23(19)15-9-11-16(12-10-15)24(26)27/h3-4,7-12H,1-2,5-6,13-14H2. The Kier molecular flexibility index (Phi) is 4.58. The third kappa shape index (κ3) is 3.28. The van der Waals surface area contributed by atoms with Gasteiger partial charge >= 0.3 is 0 Å². The second-order valence-electron chi connectivity index (χ2n) is 6.74. The zero-order valence-corrected chi connectivity index (χ0v) is 14.9. The molecule has 4 rings (SSSR count). The van der Waals surface area contributed by atoms with E-state index >= 15 is 0 Å². The fraction of sp³-hybridized carbons (Fsp3) is 0.300. The maximum Gasteiger partial charge on any atom is 0.269 e. The van der Waals surface area contributed by atoms with E-state index in [9.17, 15) is 14.9 Å². The lowest BCUT2D eigenvalue weighted by Gasteiger charge is -2.25. The zero-order chi connectivity index (χ0) is 18.8. The fourth-order valence-electron chi connectivity index (χ4n) is 3.56. The molecule has 2 heterocycles. The Balaban J connectivity index is 1.93. The highest BCUT2D eigenvalue weighted by atomic mass is 16.6. The lowest BCUT2D eigenvalue weighted by Crippen LogP contribution is -2.33. The molecule has 1 aliphatic rings. The quantitative estimate of drug-likeness (QED) is 0.523. The van der Waals surface area contributed by atoms with Gasteiger partial charge in [0.25, 0.3) is 11.2 Å².